The fourth-order valence-electron chi connectivity index (χ4n) is 1.18. The highest BCUT2D eigenvalue weighted by molar-refractivity contribution is 4.82. The maximum Gasteiger partial charge on any atom is 0.203 e. The molecular weight excluding hydrogens is 166 g/mol. The van der Waals surface area contributed by atoms with Crippen LogP contribution in [0.15, 0.2) is 0 Å². The van der Waals surface area contributed by atoms with Gasteiger partial charge in [-0.1, -0.05) is 19.3 Å². The fraction of sp³-hybridized carbons (Fsp3) is 0.800. The van der Waals surface area contributed by atoms with Gasteiger partial charge in [0, 0.05) is 17.8 Å². The standard InChI is InChI=1S/C10H17NO2/c1-2-3-4-5-6-7-8-9-10-11(12)13/h1H,3-10H2. The van der Waals surface area contributed by atoms with Gasteiger partial charge in [0.05, 0.1) is 0 Å². The van der Waals surface area contributed by atoms with E-state index in [4.69, 9.17) is 6.42 Å². The molecule has 0 N–H and O–H groups in total. The Labute approximate surface area is 79.7 Å². The molecule has 0 aliphatic heterocycles. The van der Waals surface area contributed by atoms with E-state index < -0.39 is 0 Å². The highest BCUT2D eigenvalue weighted by Crippen LogP contribution is 2.06. The van der Waals surface area contributed by atoms with Crippen LogP contribution in [0, 0.1) is 22.5 Å². The Morgan fingerprint density at radius 2 is 1.62 bits per heavy atom. The van der Waals surface area contributed by atoms with Crippen molar-refractivity contribution in [2.45, 2.75) is 44.9 Å². The summed E-state index contributed by atoms with van der Waals surface area (Å²) in [7, 11) is 0. The molecule has 0 aromatic carbocycles. The normalized spacial score (nSPS) is 9.46. The van der Waals surface area contributed by atoms with E-state index in [9.17, 15) is 10.1 Å². The second-order valence-corrected chi connectivity index (χ2v) is 3.13. The molecule has 74 valence electrons. The second-order valence-electron chi connectivity index (χ2n) is 3.13. The van der Waals surface area contributed by atoms with Gasteiger partial charge in [0.15, 0.2) is 0 Å². The number of hydrogen-bond acceptors (Lipinski definition) is 2. The van der Waals surface area contributed by atoms with E-state index in [-0.39, 0.29) is 11.5 Å². The van der Waals surface area contributed by atoms with Crippen LogP contribution < -0.4 is 0 Å². The van der Waals surface area contributed by atoms with Gasteiger partial charge in [0.1, 0.15) is 0 Å². The Kier molecular flexibility index (Phi) is 8.33. The van der Waals surface area contributed by atoms with Crippen LogP contribution in [0.3, 0.4) is 0 Å². The summed E-state index contributed by atoms with van der Waals surface area (Å²) in [6, 6.07) is 0. The van der Waals surface area contributed by atoms with E-state index in [1.54, 1.807) is 0 Å². The van der Waals surface area contributed by atoms with Crippen LogP contribution in [0.5, 0.6) is 0 Å². The largest absolute Gasteiger partial charge is 0.265 e. The first kappa shape index (κ1) is 12.0. The molecule has 3 heteroatoms. The zero-order valence-electron chi connectivity index (χ0n) is 8.00. The molecule has 0 aromatic heterocycles. The van der Waals surface area contributed by atoms with Gasteiger partial charge in [-0.25, -0.2) is 0 Å². The van der Waals surface area contributed by atoms with Crippen LogP contribution in [0.4, 0.5) is 0 Å². The Morgan fingerprint density at radius 1 is 1.08 bits per heavy atom. The molecule has 0 aliphatic carbocycles. The number of unbranched alkanes of at least 4 members (excludes halogenated alkanes) is 6. The Hall–Kier alpha value is -1.04. The van der Waals surface area contributed by atoms with E-state index in [0.717, 1.165) is 38.5 Å². The molecule has 0 rings (SSSR count). The van der Waals surface area contributed by atoms with E-state index in [1.807, 2.05) is 0 Å². The summed E-state index contributed by atoms with van der Waals surface area (Å²) in [5.41, 5.74) is 0. The fourth-order valence-corrected chi connectivity index (χ4v) is 1.18. The minimum atomic E-state index is -0.252. The van der Waals surface area contributed by atoms with Crippen molar-refractivity contribution in [3.8, 4) is 12.3 Å². The van der Waals surface area contributed by atoms with Crippen molar-refractivity contribution in [3.05, 3.63) is 10.1 Å². The Balaban J connectivity index is 2.92. The molecule has 13 heavy (non-hydrogen) atoms. The van der Waals surface area contributed by atoms with Crippen molar-refractivity contribution < 1.29 is 4.92 Å². The van der Waals surface area contributed by atoms with Crippen molar-refractivity contribution in [3.63, 3.8) is 0 Å². The number of terminal acetylenes is 1. The van der Waals surface area contributed by atoms with Crippen molar-refractivity contribution in [1.29, 1.82) is 0 Å². The Morgan fingerprint density at radius 3 is 2.15 bits per heavy atom. The van der Waals surface area contributed by atoms with Crippen LogP contribution in [-0.2, 0) is 0 Å². The van der Waals surface area contributed by atoms with Crippen molar-refractivity contribution in [1.82, 2.24) is 0 Å². The lowest BCUT2D eigenvalue weighted by atomic mass is 10.1. The van der Waals surface area contributed by atoms with Crippen LogP contribution in [0.25, 0.3) is 0 Å². The average molecular weight is 183 g/mol. The summed E-state index contributed by atoms with van der Waals surface area (Å²) in [4.78, 5) is 9.71. The van der Waals surface area contributed by atoms with Crippen LogP contribution in [0.2, 0.25) is 0 Å². The molecule has 0 aromatic rings. The second kappa shape index (κ2) is 9.05. The minimum absolute atomic E-state index is 0.115. The lowest BCUT2D eigenvalue weighted by molar-refractivity contribution is -0.480. The molecule has 0 saturated heterocycles. The molecular formula is C10H17NO2. The summed E-state index contributed by atoms with van der Waals surface area (Å²) in [6.45, 7) is 0.115. The van der Waals surface area contributed by atoms with E-state index in [2.05, 4.69) is 5.92 Å². The zero-order valence-corrected chi connectivity index (χ0v) is 8.00. The molecule has 0 atom stereocenters. The maximum absolute atomic E-state index is 9.96. The van der Waals surface area contributed by atoms with Gasteiger partial charge in [0.2, 0.25) is 6.54 Å². The lowest BCUT2D eigenvalue weighted by Gasteiger charge is -1.97. The summed E-state index contributed by atoms with van der Waals surface area (Å²) < 4.78 is 0. The van der Waals surface area contributed by atoms with Gasteiger partial charge in [-0.2, -0.15) is 0 Å². The van der Waals surface area contributed by atoms with Gasteiger partial charge in [-0.15, -0.1) is 12.3 Å². The maximum atomic E-state index is 9.96. The molecule has 0 saturated carbocycles. The summed E-state index contributed by atoms with van der Waals surface area (Å²) in [5.74, 6) is 2.60. The van der Waals surface area contributed by atoms with Crippen LogP contribution >= 0.6 is 0 Å². The molecule has 0 heterocycles. The lowest BCUT2D eigenvalue weighted by Crippen LogP contribution is -1.99. The number of nitrogens with zero attached hydrogens (tertiary/aromatic N) is 1. The molecule has 0 aliphatic rings. The summed E-state index contributed by atoms with van der Waals surface area (Å²) in [6.07, 6.45) is 12.1. The average Bonchev–Trinajstić information content (AvgIpc) is 2.09. The molecule has 0 bridgehead atoms. The summed E-state index contributed by atoms with van der Waals surface area (Å²) >= 11 is 0. The highest BCUT2D eigenvalue weighted by Gasteiger charge is 1.96. The van der Waals surface area contributed by atoms with Crippen LogP contribution in [-0.4, -0.2) is 11.5 Å². The van der Waals surface area contributed by atoms with Gasteiger partial charge in [-0.05, 0) is 12.8 Å². The number of nitro groups is 1. The van der Waals surface area contributed by atoms with Gasteiger partial charge >= 0.3 is 0 Å². The predicted molar refractivity (Wildman–Crippen MR) is 53.0 cm³/mol. The molecule has 3 nitrogen and oxygen atoms in total. The third-order valence-corrected chi connectivity index (χ3v) is 1.91. The molecule has 0 unspecified atom stereocenters. The Bertz CT molecular complexity index is 172. The van der Waals surface area contributed by atoms with E-state index in [1.165, 1.54) is 0 Å². The van der Waals surface area contributed by atoms with E-state index in [0.29, 0.717) is 6.42 Å². The number of hydrogen-bond donors (Lipinski definition) is 0. The van der Waals surface area contributed by atoms with E-state index >= 15 is 0 Å². The smallest absolute Gasteiger partial charge is 0.203 e. The first-order valence-corrected chi connectivity index (χ1v) is 4.82. The van der Waals surface area contributed by atoms with Gasteiger partial charge < -0.3 is 0 Å². The quantitative estimate of drug-likeness (QED) is 0.251. The van der Waals surface area contributed by atoms with Gasteiger partial charge in [0.25, 0.3) is 0 Å². The molecule has 0 radical (unpaired) electrons. The molecule has 0 amide bonds. The molecule has 0 fully saturated rings. The first-order chi connectivity index (χ1) is 6.27. The van der Waals surface area contributed by atoms with Crippen molar-refractivity contribution >= 4 is 0 Å². The van der Waals surface area contributed by atoms with Gasteiger partial charge in [-0.3, -0.25) is 10.1 Å². The third kappa shape index (κ3) is 11.0. The molecule has 0 spiro atoms. The zero-order chi connectivity index (χ0) is 9.94. The highest BCUT2D eigenvalue weighted by atomic mass is 16.6. The minimum Gasteiger partial charge on any atom is -0.265 e. The number of rotatable bonds is 8. The summed E-state index contributed by atoms with van der Waals surface area (Å²) in [5, 5.41) is 9.96. The third-order valence-electron chi connectivity index (χ3n) is 1.91. The van der Waals surface area contributed by atoms with Crippen molar-refractivity contribution in [2.24, 2.45) is 0 Å². The monoisotopic (exact) mass is 183 g/mol. The topological polar surface area (TPSA) is 43.1 Å². The van der Waals surface area contributed by atoms with Crippen molar-refractivity contribution in [2.75, 3.05) is 6.54 Å². The first-order valence-electron chi connectivity index (χ1n) is 4.82. The van der Waals surface area contributed by atoms with Crippen LogP contribution in [0.1, 0.15) is 44.9 Å². The predicted octanol–water partition coefficient (Wildman–Crippen LogP) is 2.63. The SMILES string of the molecule is C#CCCCCCCCC[N+](=O)[O-].